The third-order valence-corrected chi connectivity index (χ3v) is 4.24. The van der Waals surface area contributed by atoms with Crippen LogP contribution in [0.5, 0.6) is 0 Å². The molecule has 1 saturated carbocycles. The molecular weight excluding hydrogens is 306 g/mol. The Bertz CT molecular complexity index is 928. The molecule has 0 aliphatic heterocycles. The predicted octanol–water partition coefficient (Wildman–Crippen LogP) is 3.15. The van der Waals surface area contributed by atoms with E-state index in [0.717, 1.165) is 24.1 Å². The van der Waals surface area contributed by atoms with Crippen molar-refractivity contribution in [2.45, 2.75) is 32.3 Å². The highest BCUT2D eigenvalue weighted by atomic mass is 16.5. The van der Waals surface area contributed by atoms with Crippen LogP contribution in [0.1, 0.15) is 46.1 Å². The molecule has 6 heteroatoms. The lowest BCUT2D eigenvalue weighted by Crippen LogP contribution is -2.13. The molecule has 0 bridgehead atoms. The average Bonchev–Trinajstić information content (AvgIpc) is 3.38. The molecule has 0 radical (unpaired) electrons. The molecule has 1 aliphatic carbocycles. The first-order valence-electron chi connectivity index (χ1n) is 7.94. The SMILES string of the molecule is Cc1noc2nc(C3CC3)cc(C(=O)Nc3cccc(CO)c3)c12. The minimum atomic E-state index is -0.231. The molecule has 4 rings (SSSR count). The van der Waals surface area contributed by atoms with E-state index >= 15 is 0 Å². The molecule has 1 aliphatic rings. The second-order valence-electron chi connectivity index (χ2n) is 6.13. The number of hydrogen-bond acceptors (Lipinski definition) is 5. The lowest BCUT2D eigenvalue weighted by atomic mass is 10.1. The number of aliphatic hydroxyl groups excluding tert-OH is 1. The summed E-state index contributed by atoms with van der Waals surface area (Å²) < 4.78 is 5.27. The number of carbonyl (C=O) groups is 1. The van der Waals surface area contributed by atoms with E-state index in [9.17, 15) is 9.90 Å². The van der Waals surface area contributed by atoms with Crippen LogP contribution in [0.25, 0.3) is 11.1 Å². The second-order valence-corrected chi connectivity index (χ2v) is 6.13. The summed E-state index contributed by atoms with van der Waals surface area (Å²) in [6, 6.07) is 8.98. The third kappa shape index (κ3) is 2.65. The van der Waals surface area contributed by atoms with Gasteiger partial charge in [0, 0.05) is 17.3 Å². The Labute approximate surface area is 138 Å². The van der Waals surface area contributed by atoms with E-state index in [1.165, 1.54) is 0 Å². The summed E-state index contributed by atoms with van der Waals surface area (Å²) in [5, 5.41) is 16.7. The van der Waals surface area contributed by atoms with E-state index in [1.807, 2.05) is 6.07 Å². The van der Waals surface area contributed by atoms with Gasteiger partial charge in [-0.2, -0.15) is 0 Å². The van der Waals surface area contributed by atoms with Crippen LogP contribution in [0.3, 0.4) is 0 Å². The molecule has 1 aromatic carbocycles. The molecule has 1 amide bonds. The van der Waals surface area contributed by atoms with Gasteiger partial charge in [-0.05, 0) is 43.5 Å². The van der Waals surface area contributed by atoms with Gasteiger partial charge in [0.05, 0.1) is 23.3 Å². The number of benzene rings is 1. The van der Waals surface area contributed by atoms with Crippen LogP contribution < -0.4 is 5.32 Å². The van der Waals surface area contributed by atoms with Crippen molar-refractivity contribution in [2.75, 3.05) is 5.32 Å². The van der Waals surface area contributed by atoms with Crippen LogP contribution in [0.4, 0.5) is 5.69 Å². The first kappa shape index (κ1) is 14.8. The van der Waals surface area contributed by atoms with Crippen molar-refractivity contribution < 1.29 is 14.4 Å². The average molecular weight is 323 g/mol. The van der Waals surface area contributed by atoms with E-state index in [0.29, 0.717) is 34.0 Å². The standard InChI is InChI=1S/C18H17N3O3/c1-10-16-14(8-15(12-5-6-12)20-18(16)24-21-10)17(23)19-13-4-2-3-11(7-13)9-22/h2-4,7-8,12,22H,5-6,9H2,1H3,(H,19,23). The Balaban J connectivity index is 1.73. The van der Waals surface area contributed by atoms with E-state index in [-0.39, 0.29) is 12.5 Å². The van der Waals surface area contributed by atoms with Gasteiger partial charge < -0.3 is 14.9 Å². The molecule has 0 spiro atoms. The van der Waals surface area contributed by atoms with Crippen LogP contribution in [0, 0.1) is 6.92 Å². The summed E-state index contributed by atoms with van der Waals surface area (Å²) >= 11 is 0. The number of aryl methyl sites for hydroxylation is 1. The van der Waals surface area contributed by atoms with Gasteiger partial charge in [-0.3, -0.25) is 4.79 Å². The number of hydrogen-bond donors (Lipinski definition) is 2. The summed E-state index contributed by atoms with van der Waals surface area (Å²) in [6.45, 7) is 1.73. The lowest BCUT2D eigenvalue weighted by molar-refractivity contribution is 0.102. The molecule has 6 nitrogen and oxygen atoms in total. The number of amides is 1. The zero-order valence-electron chi connectivity index (χ0n) is 13.2. The highest BCUT2D eigenvalue weighted by Gasteiger charge is 2.28. The number of aromatic nitrogens is 2. The Hall–Kier alpha value is -2.73. The molecular formula is C18H17N3O3. The number of aliphatic hydroxyl groups is 1. The van der Waals surface area contributed by atoms with Gasteiger partial charge in [-0.25, -0.2) is 4.98 Å². The van der Waals surface area contributed by atoms with E-state index in [4.69, 9.17) is 4.52 Å². The summed E-state index contributed by atoms with van der Waals surface area (Å²) in [4.78, 5) is 17.3. The maximum atomic E-state index is 12.8. The number of rotatable bonds is 4. The fourth-order valence-corrected chi connectivity index (χ4v) is 2.83. The van der Waals surface area contributed by atoms with Crippen molar-refractivity contribution in [3.8, 4) is 0 Å². The van der Waals surface area contributed by atoms with Crippen molar-refractivity contribution in [3.63, 3.8) is 0 Å². The third-order valence-electron chi connectivity index (χ3n) is 4.24. The minimum Gasteiger partial charge on any atom is -0.392 e. The predicted molar refractivity (Wildman–Crippen MR) is 88.8 cm³/mol. The minimum absolute atomic E-state index is 0.0696. The molecule has 122 valence electrons. The first-order valence-corrected chi connectivity index (χ1v) is 7.94. The Morgan fingerprint density at radius 3 is 2.96 bits per heavy atom. The Morgan fingerprint density at radius 2 is 2.21 bits per heavy atom. The van der Waals surface area contributed by atoms with Crippen molar-refractivity contribution in [1.29, 1.82) is 0 Å². The topological polar surface area (TPSA) is 88.2 Å². The molecule has 0 saturated heterocycles. The van der Waals surface area contributed by atoms with E-state index < -0.39 is 0 Å². The molecule has 2 N–H and O–H groups in total. The second kappa shape index (κ2) is 5.72. The van der Waals surface area contributed by atoms with Crippen LogP contribution in [-0.4, -0.2) is 21.2 Å². The molecule has 0 unspecified atom stereocenters. The largest absolute Gasteiger partial charge is 0.392 e. The first-order chi connectivity index (χ1) is 11.7. The molecule has 0 atom stereocenters. The summed E-state index contributed by atoms with van der Waals surface area (Å²) in [5.74, 6) is 0.176. The van der Waals surface area contributed by atoms with Crippen LogP contribution >= 0.6 is 0 Å². The van der Waals surface area contributed by atoms with Gasteiger partial charge in [-0.15, -0.1) is 0 Å². The highest BCUT2D eigenvalue weighted by molar-refractivity contribution is 6.12. The van der Waals surface area contributed by atoms with Gasteiger partial charge in [-0.1, -0.05) is 17.3 Å². The lowest BCUT2D eigenvalue weighted by Gasteiger charge is -2.09. The van der Waals surface area contributed by atoms with Crippen LogP contribution in [0.2, 0.25) is 0 Å². The zero-order chi connectivity index (χ0) is 16.7. The number of nitrogens with zero attached hydrogens (tertiary/aromatic N) is 2. The number of carbonyl (C=O) groups excluding carboxylic acids is 1. The molecule has 24 heavy (non-hydrogen) atoms. The normalized spacial score (nSPS) is 14.1. The fourth-order valence-electron chi connectivity index (χ4n) is 2.83. The van der Waals surface area contributed by atoms with Crippen molar-refractivity contribution in [3.05, 3.63) is 52.8 Å². The van der Waals surface area contributed by atoms with E-state index in [2.05, 4.69) is 15.5 Å². The Morgan fingerprint density at radius 1 is 1.38 bits per heavy atom. The Kier molecular flexibility index (Phi) is 3.54. The van der Waals surface area contributed by atoms with Crippen LogP contribution in [-0.2, 0) is 6.61 Å². The van der Waals surface area contributed by atoms with Gasteiger partial charge >= 0.3 is 0 Å². The van der Waals surface area contributed by atoms with Gasteiger partial charge in [0.15, 0.2) is 0 Å². The van der Waals surface area contributed by atoms with E-state index in [1.54, 1.807) is 31.2 Å². The maximum absolute atomic E-state index is 12.8. The number of nitrogens with one attached hydrogen (secondary N) is 1. The van der Waals surface area contributed by atoms with Crippen LogP contribution in [0.15, 0.2) is 34.9 Å². The smallest absolute Gasteiger partial charge is 0.259 e. The van der Waals surface area contributed by atoms with Crippen molar-refractivity contribution >= 4 is 22.7 Å². The molecule has 3 aromatic rings. The van der Waals surface area contributed by atoms with Gasteiger partial charge in [0.25, 0.3) is 11.6 Å². The number of anilines is 1. The van der Waals surface area contributed by atoms with Gasteiger partial charge in [0.1, 0.15) is 0 Å². The van der Waals surface area contributed by atoms with Gasteiger partial charge in [0.2, 0.25) is 0 Å². The molecule has 2 heterocycles. The fraction of sp³-hybridized carbons (Fsp3) is 0.278. The molecule has 1 fully saturated rings. The maximum Gasteiger partial charge on any atom is 0.259 e. The zero-order valence-corrected chi connectivity index (χ0v) is 13.2. The summed E-state index contributed by atoms with van der Waals surface area (Å²) in [6.07, 6.45) is 2.18. The van der Waals surface area contributed by atoms with Crippen molar-refractivity contribution in [2.24, 2.45) is 0 Å². The number of pyridine rings is 1. The van der Waals surface area contributed by atoms with Crippen molar-refractivity contribution in [1.82, 2.24) is 10.1 Å². The molecule has 2 aromatic heterocycles. The summed E-state index contributed by atoms with van der Waals surface area (Å²) in [7, 11) is 0. The highest BCUT2D eigenvalue weighted by Crippen LogP contribution is 2.40. The monoisotopic (exact) mass is 323 g/mol. The summed E-state index contributed by atoms with van der Waals surface area (Å²) in [5.41, 5.74) is 3.84. The number of fused-ring (bicyclic) bond motifs is 1. The quantitative estimate of drug-likeness (QED) is 0.770.